The van der Waals surface area contributed by atoms with E-state index in [2.05, 4.69) is 0 Å². The molecule has 0 radical (unpaired) electrons. The third kappa shape index (κ3) is 3.75. The number of rotatable bonds is 4. The standard InChI is InChI=1S/C9H11ClO3S/c1-14(12)13-6-8-2-7(5-11)3-9(10)4-8/h2-4,11H,5-6H2,1H3. The molecule has 0 aliphatic heterocycles. The van der Waals surface area contributed by atoms with E-state index in [4.69, 9.17) is 20.9 Å². The van der Waals surface area contributed by atoms with Crippen LogP contribution in [0.1, 0.15) is 11.1 Å². The number of aliphatic hydroxyl groups is 1. The highest BCUT2D eigenvalue weighted by atomic mass is 35.5. The summed E-state index contributed by atoms with van der Waals surface area (Å²) in [6, 6.07) is 5.15. The van der Waals surface area contributed by atoms with Crippen molar-refractivity contribution < 1.29 is 13.5 Å². The molecule has 0 aliphatic rings. The molecule has 0 fully saturated rings. The Labute approximate surface area is 90.3 Å². The molecule has 0 aromatic heterocycles. The van der Waals surface area contributed by atoms with Gasteiger partial charge in [0.25, 0.3) is 0 Å². The summed E-state index contributed by atoms with van der Waals surface area (Å²) in [6.07, 6.45) is 1.46. The maximum atomic E-state index is 10.7. The summed E-state index contributed by atoms with van der Waals surface area (Å²) in [5.74, 6) is 0. The summed E-state index contributed by atoms with van der Waals surface area (Å²) >= 11 is 4.51. The lowest BCUT2D eigenvalue weighted by Crippen LogP contribution is -1.96. The van der Waals surface area contributed by atoms with Gasteiger partial charge in [0.15, 0.2) is 11.1 Å². The maximum absolute atomic E-state index is 10.7. The van der Waals surface area contributed by atoms with Crippen LogP contribution in [-0.4, -0.2) is 15.6 Å². The van der Waals surface area contributed by atoms with E-state index < -0.39 is 11.1 Å². The van der Waals surface area contributed by atoms with E-state index in [-0.39, 0.29) is 13.2 Å². The molecule has 1 rings (SSSR count). The van der Waals surface area contributed by atoms with Crippen LogP contribution in [0.25, 0.3) is 0 Å². The van der Waals surface area contributed by atoms with Gasteiger partial charge < -0.3 is 5.11 Å². The van der Waals surface area contributed by atoms with E-state index in [9.17, 15) is 4.21 Å². The molecule has 0 spiro atoms. The van der Waals surface area contributed by atoms with Crippen molar-refractivity contribution in [3.05, 3.63) is 34.3 Å². The molecule has 0 saturated heterocycles. The molecule has 1 aromatic carbocycles. The Hall–Kier alpha value is -0.420. The Kier molecular flexibility index (Phi) is 4.54. The Morgan fingerprint density at radius 2 is 2.07 bits per heavy atom. The first-order chi connectivity index (χ1) is 6.61. The fourth-order valence-electron chi connectivity index (χ4n) is 1.04. The van der Waals surface area contributed by atoms with Crippen molar-refractivity contribution in [2.75, 3.05) is 6.26 Å². The SMILES string of the molecule is CS(=O)OCc1cc(Cl)cc(CO)c1. The number of aliphatic hydroxyl groups excluding tert-OH is 1. The van der Waals surface area contributed by atoms with Gasteiger partial charge in [0, 0.05) is 11.3 Å². The summed E-state index contributed by atoms with van der Waals surface area (Å²) in [4.78, 5) is 0. The van der Waals surface area contributed by atoms with Crippen LogP contribution < -0.4 is 0 Å². The van der Waals surface area contributed by atoms with Gasteiger partial charge in [-0.2, -0.15) is 0 Å². The van der Waals surface area contributed by atoms with Gasteiger partial charge in [-0.05, 0) is 23.3 Å². The molecule has 1 aromatic rings. The molecular weight excluding hydrogens is 224 g/mol. The van der Waals surface area contributed by atoms with Gasteiger partial charge in [-0.15, -0.1) is 0 Å². The highest BCUT2D eigenvalue weighted by Crippen LogP contribution is 2.16. The van der Waals surface area contributed by atoms with Crippen LogP contribution in [0.5, 0.6) is 0 Å². The Morgan fingerprint density at radius 1 is 1.43 bits per heavy atom. The molecule has 0 heterocycles. The number of halogens is 1. The van der Waals surface area contributed by atoms with Crippen LogP contribution in [-0.2, 0) is 28.5 Å². The highest BCUT2D eigenvalue weighted by molar-refractivity contribution is 7.79. The van der Waals surface area contributed by atoms with Gasteiger partial charge >= 0.3 is 0 Å². The molecule has 0 saturated carbocycles. The van der Waals surface area contributed by atoms with Crippen molar-refractivity contribution in [3.8, 4) is 0 Å². The van der Waals surface area contributed by atoms with E-state index in [1.807, 2.05) is 0 Å². The van der Waals surface area contributed by atoms with E-state index in [0.29, 0.717) is 5.02 Å². The van der Waals surface area contributed by atoms with E-state index in [0.717, 1.165) is 11.1 Å². The zero-order chi connectivity index (χ0) is 10.6. The molecule has 78 valence electrons. The third-order valence-corrected chi connectivity index (χ3v) is 2.26. The second-order valence-electron chi connectivity index (χ2n) is 2.79. The van der Waals surface area contributed by atoms with Gasteiger partial charge in [-0.25, -0.2) is 4.21 Å². The predicted octanol–water partition coefficient (Wildman–Crippen LogP) is 1.64. The first kappa shape index (κ1) is 11.7. The van der Waals surface area contributed by atoms with E-state index in [1.165, 1.54) is 6.26 Å². The van der Waals surface area contributed by atoms with Crippen molar-refractivity contribution in [3.63, 3.8) is 0 Å². The zero-order valence-electron chi connectivity index (χ0n) is 7.70. The number of benzene rings is 1. The fourth-order valence-corrected chi connectivity index (χ4v) is 1.63. The van der Waals surface area contributed by atoms with Crippen LogP contribution in [0.3, 0.4) is 0 Å². The topological polar surface area (TPSA) is 46.5 Å². The van der Waals surface area contributed by atoms with Crippen molar-refractivity contribution in [1.82, 2.24) is 0 Å². The van der Waals surface area contributed by atoms with Crippen molar-refractivity contribution in [2.45, 2.75) is 13.2 Å². The molecule has 0 amide bonds. The lowest BCUT2D eigenvalue weighted by Gasteiger charge is -2.04. The molecule has 0 bridgehead atoms. The molecule has 14 heavy (non-hydrogen) atoms. The third-order valence-electron chi connectivity index (χ3n) is 1.59. The summed E-state index contributed by atoms with van der Waals surface area (Å²) < 4.78 is 15.6. The second-order valence-corrected chi connectivity index (χ2v) is 4.26. The molecule has 0 aliphatic carbocycles. The van der Waals surface area contributed by atoms with Crippen LogP contribution in [0.2, 0.25) is 5.02 Å². The van der Waals surface area contributed by atoms with Gasteiger partial charge in [-0.1, -0.05) is 17.7 Å². The van der Waals surface area contributed by atoms with Crippen LogP contribution >= 0.6 is 11.6 Å². The lowest BCUT2D eigenvalue weighted by atomic mass is 10.1. The average molecular weight is 235 g/mol. The minimum Gasteiger partial charge on any atom is -0.392 e. The molecule has 3 nitrogen and oxygen atoms in total. The minimum atomic E-state index is -1.29. The van der Waals surface area contributed by atoms with E-state index >= 15 is 0 Å². The minimum absolute atomic E-state index is 0.0667. The normalized spacial score (nSPS) is 12.8. The molecule has 1 N–H and O–H groups in total. The summed E-state index contributed by atoms with van der Waals surface area (Å²) in [5.41, 5.74) is 1.52. The Balaban J connectivity index is 2.76. The largest absolute Gasteiger partial charge is 0.392 e. The summed E-state index contributed by atoms with van der Waals surface area (Å²) in [6.45, 7) is 0.166. The summed E-state index contributed by atoms with van der Waals surface area (Å²) in [7, 11) is 0. The second kappa shape index (κ2) is 5.46. The quantitative estimate of drug-likeness (QED) is 0.862. The van der Waals surface area contributed by atoms with Crippen molar-refractivity contribution >= 4 is 22.7 Å². The average Bonchev–Trinajstić information content (AvgIpc) is 2.14. The smallest absolute Gasteiger partial charge is 0.152 e. The van der Waals surface area contributed by atoms with Crippen LogP contribution in [0, 0.1) is 0 Å². The van der Waals surface area contributed by atoms with Crippen LogP contribution in [0.15, 0.2) is 18.2 Å². The molecular formula is C9H11ClO3S. The monoisotopic (exact) mass is 234 g/mol. The molecule has 1 atom stereocenters. The van der Waals surface area contributed by atoms with Gasteiger partial charge in [0.05, 0.1) is 13.2 Å². The lowest BCUT2D eigenvalue weighted by molar-refractivity contribution is 0.281. The highest BCUT2D eigenvalue weighted by Gasteiger charge is 2.00. The number of hydrogen-bond acceptors (Lipinski definition) is 3. The van der Waals surface area contributed by atoms with Crippen LogP contribution in [0.4, 0.5) is 0 Å². The number of hydrogen-bond donors (Lipinski definition) is 1. The first-order valence-electron chi connectivity index (χ1n) is 3.97. The maximum Gasteiger partial charge on any atom is 0.152 e. The van der Waals surface area contributed by atoms with Gasteiger partial charge in [-0.3, -0.25) is 4.18 Å². The fraction of sp³-hybridized carbons (Fsp3) is 0.333. The zero-order valence-corrected chi connectivity index (χ0v) is 9.27. The Morgan fingerprint density at radius 3 is 2.64 bits per heavy atom. The van der Waals surface area contributed by atoms with Gasteiger partial charge in [0.2, 0.25) is 0 Å². The van der Waals surface area contributed by atoms with Gasteiger partial charge in [0.1, 0.15) is 0 Å². The molecule has 1 unspecified atom stereocenters. The first-order valence-corrected chi connectivity index (χ1v) is 5.84. The van der Waals surface area contributed by atoms with E-state index in [1.54, 1.807) is 18.2 Å². The van der Waals surface area contributed by atoms with Crippen molar-refractivity contribution in [1.29, 1.82) is 0 Å². The predicted molar refractivity (Wildman–Crippen MR) is 56.2 cm³/mol. The van der Waals surface area contributed by atoms with Crippen molar-refractivity contribution in [2.24, 2.45) is 0 Å². The Bertz CT molecular complexity index is 341. The molecule has 5 heteroatoms. The summed E-state index contributed by atoms with van der Waals surface area (Å²) in [5, 5.41) is 9.44.